The summed E-state index contributed by atoms with van der Waals surface area (Å²) in [6.07, 6.45) is 12.4. The minimum atomic E-state index is 0.635. The van der Waals surface area contributed by atoms with Gasteiger partial charge in [0.15, 0.2) is 0 Å². The summed E-state index contributed by atoms with van der Waals surface area (Å²) in [7, 11) is 0. The Bertz CT molecular complexity index is 823. The first-order valence-electron chi connectivity index (χ1n) is 7.61. The highest BCUT2D eigenvalue weighted by atomic mass is 14.3. The lowest BCUT2D eigenvalue weighted by Crippen LogP contribution is -1.91. The van der Waals surface area contributed by atoms with E-state index in [2.05, 4.69) is 79.8 Å². The van der Waals surface area contributed by atoms with Gasteiger partial charge in [-0.25, -0.2) is 0 Å². The Balaban J connectivity index is 1.96. The highest BCUT2D eigenvalue weighted by Gasteiger charge is 2.22. The number of hydrogen-bond donors (Lipinski definition) is 0. The van der Waals surface area contributed by atoms with Gasteiger partial charge in [0.25, 0.3) is 0 Å². The van der Waals surface area contributed by atoms with Gasteiger partial charge < -0.3 is 0 Å². The predicted octanol–water partition coefficient (Wildman–Crippen LogP) is 5.69. The molecule has 0 heterocycles. The monoisotopic (exact) mass is 270 g/mol. The van der Waals surface area contributed by atoms with E-state index in [1.54, 1.807) is 0 Å². The van der Waals surface area contributed by atoms with Crippen LogP contribution in [0.15, 0.2) is 84.0 Å². The maximum absolute atomic E-state index is 2.42. The molecule has 21 heavy (non-hydrogen) atoms. The van der Waals surface area contributed by atoms with Gasteiger partial charge >= 0.3 is 0 Å². The quantitative estimate of drug-likeness (QED) is 0.625. The highest BCUT2D eigenvalue weighted by molar-refractivity contribution is 5.99. The first-order valence-corrected chi connectivity index (χ1v) is 7.61. The minimum Gasteiger partial charge on any atom is -0.0732 e. The van der Waals surface area contributed by atoms with Crippen LogP contribution in [0.2, 0.25) is 0 Å². The molecule has 1 unspecified atom stereocenters. The van der Waals surface area contributed by atoms with Crippen LogP contribution in [0, 0.1) is 5.92 Å². The van der Waals surface area contributed by atoms with E-state index in [1.165, 1.54) is 33.1 Å². The van der Waals surface area contributed by atoms with Gasteiger partial charge in [0.2, 0.25) is 0 Å². The van der Waals surface area contributed by atoms with E-state index in [0.29, 0.717) is 5.92 Å². The first-order chi connectivity index (χ1) is 10.3. The van der Waals surface area contributed by atoms with Crippen molar-refractivity contribution in [1.29, 1.82) is 0 Å². The summed E-state index contributed by atoms with van der Waals surface area (Å²) < 4.78 is 0. The summed E-state index contributed by atoms with van der Waals surface area (Å²) in [5, 5.41) is 2.64. The zero-order chi connectivity index (χ0) is 14.2. The molecule has 0 radical (unpaired) electrons. The number of rotatable bonds is 1. The van der Waals surface area contributed by atoms with Crippen LogP contribution < -0.4 is 0 Å². The van der Waals surface area contributed by atoms with Crippen LogP contribution in [0.1, 0.15) is 18.9 Å². The molecule has 0 fully saturated rings. The van der Waals surface area contributed by atoms with Gasteiger partial charge in [-0.05, 0) is 45.4 Å². The van der Waals surface area contributed by atoms with Crippen LogP contribution in [0.4, 0.5) is 0 Å². The van der Waals surface area contributed by atoms with Gasteiger partial charge in [-0.15, -0.1) is 0 Å². The normalized spacial score (nSPS) is 20.6. The summed E-state index contributed by atoms with van der Waals surface area (Å²) in [5.41, 5.74) is 5.58. The van der Waals surface area contributed by atoms with Gasteiger partial charge in [0.1, 0.15) is 0 Å². The standard InChI is InChI=1S/C21H18/c1-15-13-17-8-3-5-11-20(21(17)14-15)19-12-6-9-16-7-2-4-10-18(16)19/h2-12,14-15H,13H2,1H3. The topological polar surface area (TPSA) is 0 Å². The van der Waals surface area contributed by atoms with Crippen molar-refractivity contribution in [2.24, 2.45) is 5.92 Å². The zero-order valence-electron chi connectivity index (χ0n) is 12.2. The van der Waals surface area contributed by atoms with E-state index < -0.39 is 0 Å². The molecular formula is C21H18. The van der Waals surface area contributed by atoms with E-state index in [4.69, 9.17) is 0 Å². The summed E-state index contributed by atoms with van der Waals surface area (Å²) in [5.74, 6) is 0.635. The lowest BCUT2D eigenvalue weighted by molar-refractivity contribution is 0.758. The molecule has 0 bridgehead atoms. The first kappa shape index (κ1) is 12.4. The fraction of sp³-hybridized carbons (Fsp3) is 0.143. The molecule has 102 valence electrons. The third-order valence-electron chi connectivity index (χ3n) is 4.38. The molecule has 0 spiro atoms. The second kappa shape index (κ2) is 4.89. The zero-order valence-corrected chi connectivity index (χ0v) is 12.2. The van der Waals surface area contributed by atoms with Gasteiger partial charge in [0.05, 0.1) is 0 Å². The number of benzene rings is 2. The molecule has 0 saturated heterocycles. The Morgan fingerprint density at radius 3 is 2.62 bits per heavy atom. The Morgan fingerprint density at radius 2 is 1.67 bits per heavy atom. The maximum atomic E-state index is 2.42. The molecule has 2 aromatic carbocycles. The molecule has 2 aliphatic carbocycles. The molecular weight excluding hydrogens is 252 g/mol. The van der Waals surface area contributed by atoms with E-state index in [-0.39, 0.29) is 0 Å². The van der Waals surface area contributed by atoms with Crippen LogP contribution in [-0.4, -0.2) is 0 Å². The molecule has 0 N–H and O–H groups in total. The van der Waals surface area contributed by atoms with Crippen LogP contribution in [0.25, 0.3) is 16.3 Å². The van der Waals surface area contributed by atoms with Gasteiger partial charge in [-0.2, -0.15) is 0 Å². The second-order valence-electron chi connectivity index (χ2n) is 5.95. The van der Waals surface area contributed by atoms with Crippen molar-refractivity contribution in [3.8, 4) is 0 Å². The molecule has 2 aromatic rings. The van der Waals surface area contributed by atoms with E-state index in [0.717, 1.165) is 6.42 Å². The average Bonchev–Trinajstić information content (AvgIpc) is 2.77. The van der Waals surface area contributed by atoms with Crippen LogP contribution >= 0.6 is 0 Å². The van der Waals surface area contributed by atoms with E-state index >= 15 is 0 Å². The lowest BCUT2D eigenvalue weighted by Gasteiger charge is -2.13. The lowest BCUT2D eigenvalue weighted by atomic mass is 9.91. The highest BCUT2D eigenvalue weighted by Crippen LogP contribution is 2.41. The third-order valence-corrected chi connectivity index (χ3v) is 4.38. The molecule has 0 saturated carbocycles. The number of hydrogen-bond acceptors (Lipinski definition) is 0. The Hall–Kier alpha value is -2.34. The SMILES string of the molecule is CC1C=C2C(=CC=CC=C2c2cccc3ccccc23)C1. The largest absolute Gasteiger partial charge is 0.0732 e. The number of allylic oxidation sites excluding steroid dienone is 8. The molecule has 0 heteroatoms. The molecule has 1 atom stereocenters. The molecule has 0 aliphatic heterocycles. The molecule has 0 aromatic heterocycles. The summed E-state index contributed by atoms with van der Waals surface area (Å²) in [6, 6.07) is 15.2. The fourth-order valence-corrected chi connectivity index (χ4v) is 3.44. The Kier molecular flexibility index (Phi) is 2.89. The van der Waals surface area contributed by atoms with Crippen LogP contribution in [0.3, 0.4) is 0 Å². The van der Waals surface area contributed by atoms with Crippen molar-refractivity contribution >= 4 is 16.3 Å². The van der Waals surface area contributed by atoms with Gasteiger partial charge in [0, 0.05) is 0 Å². The second-order valence-corrected chi connectivity index (χ2v) is 5.95. The predicted molar refractivity (Wildman–Crippen MR) is 91.0 cm³/mol. The maximum Gasteiger partial charge on any atom is -0.00994 e. The molecule has 2 aliphatic rings. The molecule has 0 nitrogen and oxygen atoms in total. The van der Waals surface area contributed by atoms with Crippen molar-refractivity contribution in [1.82, 2.24) is 0 Å². The van der Waals surface area contributed by atoms with Gasteiger partial charge in [-0.1, -0.05) is 79.8 Å². The van der Waals surface area contributed by atoms with Gasteiger partial charge in [-0.3, -0.25) is 0 Å². The van der Waals surface area contributed by atoms with Crippen molar-refractivity contribution < 1.29 is 0 Å². The Labute approximate surface area is 125 Å². The average molecular weight is 270 g/mol. The van der Waals surface area contributed by atoms with Crippen molar-refractivity contribution in [3.05, 3.63) is 89.6 Å². The van der Waals surface area contributed by atoms with E-state index in [9.17, 15) is 0 Å². The van der Waals surface area contributed by atoms with Crippen molar-refractivity contribution in [2.45, 2.75) is 13.3 Å². The van der Waals surface area contributed by atoms with Crippen molar-refractivity contribution in [3.63, 3.8) is 0 Å². The minimum absolute atomic E-state index is 0.635. The third kappa shape index (κ3) is 2.08. The van der Waals surface area contributed by atoms with Crippen LogP contribution in [0.5, 0.6) is 0 Å². The van der Waals surface area contributed by atoms with E-state index in [1.807, 2.05) is 0 Å². The number of fused-ring (bicyclic) bond motifs is 2. The van der Waals surface area contributed by atoms with Crippen molar-refractivity contribution in [2.75, 3.05) is 0 Å². The molecule has 4 rings (SSSR count). The summed E-state index contributed by atoms with van der Waals surface area (Å²) in [6.45, 7) is 2.30. The smallest absolute Gasteiger partial charge is 0.00994 e. The summed E-state index contributed by atoms with van der Waals surface area (Å²) in [4.78, 5) is 0. The van der Waals surface area contributed by atoms with Crippen LogP contribution in [-0.2, 0) is 0 Å². The fourth-order valence-electron chi connectivity index (χ4n) is 3.44. The molecule has 0 amide bonds. The Morgan fingerprint density at radius 1 is 0.857 bits per heavy atom. The summed E-state index contributed by atoms with van der Waals surface area (Å²) >= 11 is 0.